The van der Waals surface area contributed by atoms with Gasteiger partial charge >= 0.3 is 0 Å². The molecular weight excluding hydrogens is 348 g/mol. The maximum Gasteiger partial charge on any atom is 0.223 e. The van der Waals surface area contributed by atoms with Crippen molar-refractivity contribution in [1.29, 1.82) is 0 Å². The molecule has 1 amide bonds. The summed E-state index contributed by atoms with van der Waals surface area (Å²) in [5.41, 5.74) is 4.01. The average molecular weight is 381 g/mol. The molecule has 2 aromatic carbocycles. The molecule has 1 aliphatic heterocycles. The predicted molar refractivity (Wildman–Crippen MR) is 115 cm³/mol. The Balaban J connectivity index is 0.00000109. The Morgan fingerprint density at radius 1 is 1.00 bits per heavy atom. The number of carbonyl (C=O) groups is 1. The number of rotatable bonds is 4. The smallest absolute Gasteiger partial charge is 0.223 e. The fraction of sp³-hybridized carbons (Fsp3) is 0.458. The first kappa shape index (κ1) is 20.2. The highest BCUT2D eigenvalue weighted by Crippen LogP contribution is 2.35. The summed E-state index contributed by atoms with van der Waals surface area (Å²) in [6, 6.07) is 16.7. The highest BCUT2D eigenvalue weighted by molar-refractivity contribution is 5.77. The molecule has 4 heteroatoms. The lowest BCUT2D eigenvalue weighted by Crippen LogP contribution is -2.49. The molecule has 1 aliphatic carbocycles. The van der Waals surface area contributed by atoms with Crippen molar-refractivity contribution in [2.45, 2.75) is 39.0 Å². The molecule has 0 spiro atoms. The van der Waals surface area contributed by atoms with Gasteiger partial charge in [0.2, 0.25) is 5.91 Å². The van der Waals surface area contributed by atoms with E-state index < -0.39 is 0 Å². The van der Waals surface area contributed by atoms with Crippen LogP contribution in [0.15, 0.2) is 48.5 Å². The van der Waals surface area contributed by atoms with Gasteiger partial charge in [-0.2, -0.15) is 0 Å². The molecule has 2 aromatic rings. The standard InChI is InChI=1S/C22H26N2O2.C2H6/c1-26-20-10-8-19(9-11-20)23-12-14-24(15-13-23)22(25)16-18-7-6-17-4-2-3-5-21(17)18;1-2/h2-5,8-11,18H,6-7,12-16H2,1H3;1-2H3. The van der Waals surface area contributed by atoms with Gasteiger partial charge in [0.15, 0.2) is 0 Å². The number of methoxy groups -OCH3 is 1. The molecular formula is C24H32N2O2. The maximum absolute atomic E-state index is 12.8. The van der Waals surface area contributed by atoms with Gasteiger partial charge in [-0.1, -0.05) is 38.1 Å². The van der Waals surface area contributed by atoms with Crippen LogP contribution in [0.3, 0.4) is 0 Å². The molecule has 0 aromatic heterocycles. The van der Waals surface area contributed by atoms with E-state index in [4.69, 9.17) is 4.74 Å². The highest BCUT2D eigenvalue weighted by Gasteiger charge is 2.28. The van der Waals surface area contributed by atoms with E-state index in [1.165, 1.54) is 16.8 Å². The Kier molecular flexibility index (Phi) is 6.96. The minimum atomic E-state index is 0.307. The summed E-state index contributed by atoms with van der Waals surface area (Å²) in [6.45, 7) is 7.39. The summed E-state index contributed by atoms with van der Waals surface area (Å²) < 4.78 is 5.22. The van der Waals surface area contributed by atoms with E-state index in [-0.39, 0.29) is 0 Å². The number of piperazine rings is 1. The molecule has 1 fully saturated rings. The fourth-order valence-electron chi connectivity index (χ4n) is 4.20. The van der Waals surface area contributed by atoms with Crippen LogP contribution in [-0.4, -0.2) is 44.1 Å². The highest BCUT2D eigenvalue weighted by atomic mass is 16.5. The lowest BCUT2D eigenvalue weighted by molar-refractivity contribution is -0.131. The molecule has 0 saturated carbocycles. The van der Waals surface area contributed by atoms with Gasteiger partial charge in [-0.05, 0) is 54.2 Å². The summed E-state index contributed by atoms with van der Waals surface area (Å²) in [4.78, 5) is 17.2. The Bertz CT molecular complexity index is 764. The van der Waals surface area contributed by atoms with Gasteiger partial charge in [-0.25, -0.2) is 0 Å². The predicted octanol–water partition coefficient (Wildman–Crippen LogP) is 4.49. The second kappa shape index (κ2) is 9.63. The number of hydrogen-bond acceptors (Lipinski definition) is 3. The van der Waals surface area contributed by atoms with Gasteiger partial charge in [0, 0.05) is 38.3 Å². The van der Waals surface area contributed by atoms with Gasteiger partial charge in [0.1, 0.15) is 5.75 Å². The molecule has 28 heavy (non-hydrogen) atoms. The number of amides is 1. The van der Waals surface area contributed by atoms with Crippen LogP contribution in [0.1, 0.15) is 43.7 Å². The van der Waals surface area contributed by atoms with Crippen LogP contribution in [0.4, 0.5) is 5.69 Å². The molecule has 1 unspecified atom stereocenters. The van der Waals surface area contributed by atoms with Gasteiger partial charge in [0.05, 0.1) is 7.11 Å². The first-order valence-electron chi connectivity index (χ1n) is 10.5. The first-order valence-corrected chi connectivity index (χ1v) is 10.5. The Labute approximate surface area is 169 Å². The van der Waals surface area contributed by atoms with Crippen molar-refractivity contribution in [2.24, 2.45) is 0 Å². The zero-order valence-electron chi connectivity index (χ0n) is 17.4. The van der Waals surface area contributed by atoms with Crippen LogP contribution in [-0.2, 0) is 11.2 Å². The number of benzene rings is 2. The van der Waals surface area contributed by atoms with Crippen LogP contribution >= 0.6 is 0 Å². The molecule has 1 atom stereocenters. The third kappa shape index (κ3) is 4.49. The van der Waals surface area contributed by atoms with E-state index in [0.29, 0.717) is 18.2 Å². The van der Waals surface area contributed by atoms with Gasteiger partial charge in [-0.15, -0.1) is 0 Å². The SMILES string of the molecule is CC.COc1ccc(N2CCN(C(=O)CC3CCc4ccccc43)CC2)cc1. The molecule has 0 radical (unpaired) electrons. The summed E-state index contributed by atoms with van der Waals surface area (Å²) in [7, 11) is 1.68. The Morgan fingerprint density at radius 3 is 2.36 bits per heavy atom. The molecule has 0 N–H and O–H groups in total. The summed E-state index contributed by atoms with van der Waals surface area (Å²) in [6.07, 6.45) is 2.87. The van der Waals surface area contributed by atoms with E-state index in [2.05, 4.69) is 41.3 Å². The molecule has 1 saturated heterocycles. The summed E-state index contributed by atoms with van der Waals surface area (Å²) >= 11 is 0. The largest absolute Gasteiger partial charge is 0.497 e. The zero-order chi connectivity index (χ0) is 19.9. The van der Waals surface area contributed by atoms with Crippen molar-refractivity contribution in [1.82, 2.24) is 4.90 Å². The molecule has 1 heterocycles. The van der Waals surface area contributed by atoms with Gasteiger partial charge < -0.3 is 14.5 Å². The lowest BCUT2D eigenvalue weighted by Gasteiger charge is -2.36. The minimum Gasteiger partial charge on any atom is -0.497 e. The second-order valence-corrected chi connectivity index (χ2v) is 7.20. The van der Waals surface area contributed by atoms with Crippen LogP contribution in [0, 0.1) is 0 Å². The quantitative estimate of drug-likeness (QED) is 0.783. The third-order valence-electron chi connectivity index (χ3n) is 5.75. The van der Waals surface area contributed by atoms with Crippen LogP contribution in [0.5, 0.6) is 5.75 Å². The normalized spacial score (nSPS) is 18.2. The molecule has 4 nitrogen and oxygen atoms in total. The first-order chi connectivity index (χ1) is 13.7. The van der Waals surface area contributed by atoms with Crippen LogP contribution in [0.2, 0.25) is 0 Å². The Morgan fingerprint density at radius 2 is 1.68 bits per heavy atom. The minimum absolute atomic E-state index is 0.307. The van der Waals surface area contributed by atoms with Crippen molar-refractivity contribution in [2.75, 3.05) is 38.2 Å². The van der Waals surface area contributed by atoms with Crippen LogP contribution < -0.4 is 9.64 Å². The third-order valence-corrected chi connectivity index (χ3v) is 5.75. The summed E-state index contributed by atoms with van der Waals surface area (Å²) in [5.74, 6) is 1.58. The number of hydrogen-bond donors (Lipinski definition) is 0. The average Bonchev–Trinajstić information content (AvgIpc) is 3.18. The monoisotopic (exact) mass is 380 g/mol. The van der Waals surface area contributed by atoms with Crippen LogP contribution in [0.25, 0.3) is 0 Å². The topological polar surface area (TPSA) is 32.8 Å². The number of fused-ring (bicyclic) bond motifs is 1. The van der Waals surface area contributed by atoms with Crippen molar-refractivity contribution < 1.29 is 9.53 Å². The summed E-state index contributed by atoms with van der Waals surface area (Å²) in [5, 5.41) is 0. The second-order valence-electron chi connectivity index (χ2n) is 7.20. The van der Waals surface area contributed by atoms with Crippen molar-refractivity contribution >= 4 is 11.6 Å². The van der Waals surface area contributed by atoms with E-state index in [1.54, 1.807) is 7.11 Å². The molecule has 2 aliphatic rings. The molecule has 0 bridgehead atoms. The number of anilines is 1. The van der Waals surface area contributed by atoms with Gasteiger partial charge in [-0.3, -0.25) is 4.79 Å². The molecule has 150 valence electrons. The van der Waals surface area contributed by atoms with Gasteiger partial charge in [0.25, 0.3) is 0 Å². The van der Waals surface area contributed by atoms with E-state index in [0.717, 1.165) is 44.8 Å². The van der Waals surface area contributed by atoms with E-state index in [9.17, 15) is 4.79 Å². The van der Waals surface area contributed by atoms with E-state index >= 15 is 0 Å². The van der Waals surface area contributed by atoms with Crippen molar-refractivity contribution in [3.8, 4) is 5.75 Å². The number of aryl methyl sites for hydroxylation is 1. The van der Waals surface area contributed by atoms with E-state index in [1.807, 2.05) is 30.9 Å². The molecule has 4 rings (SSSR count). The fourth-order valence-corrected chi connectivity index (χ4v) is 4.20. The maximum atomic E-state index is 12.8. The van der Waals surface area contributed by atoms with Crippen molar-refractivity contribution in [3.05, 3.63) is 59.7 Å². The zero-order valence-corrected chi connectivity index (χ0v) is 17.4. The number of ether oxygens (including phenoxy) is 1. The number of carbonyl (C=O) groups excluding carboxylic acids is 1. The van der Waals surface area contributed by atoms with Crippen molar-refractivity contribution in [3.63, 3.8) is 0 Å². The number of nitrogens with zero attached hydrogens (tertiary/aromatic N) is 2. The lowest BCUT2D eigenvalue weighted by atomic mass is 9.97. The Hall–Kier alpha value is -2.49.